The van der Waals surface area contributed by atoms with Crippen molar-refractivity contribution >= 4 is 37.0 Å². The Morgan fingerprint density at radius 3 is 2.71 bits per heavy atom. The fourth-order valence-corrected chi connectivity index (χ4v) is 4.37. The summed E-state index contributed by atoms with van der Waals surface area (Å²) in [5.41, 5.74) is 0.179. The number of carbonyl (C=O) groups is 1. The van der Waals surface area contributed by atoms with Crippen molar-refractivity contribution in [2.75, 3.05) is 6.61 Å². The molecule has 0 radical (unpaired) electrons. The van der Waals surface area contributed by atoms with Gasteiger partial charge in [-0.1, -0.05) is 13.8 Å². The maximum Gasteiger partial charge on any atom is 0.270 e. The van der Waals surface area contributed by atoms with Crippen LogP contribution < -0.4 is 5.32 Å². The van der Waals surface area contributed by atoms with Crippen molar-refractivity contribution in [1.29, 1.82) is 0 Å². The van der Waals surface area contributed by atoms with Gasteiger partial charge in [-0.3, -0.25) is 4.79 Å². The van der Waals surface area contributed by atoms with Gasteiger partial charge in [0.25, 0.3) is 15.0 Å². The monoisotopic (exact) mass is 351 g/mol. The number of amides is 1. The van der Waals surface area contributed by atoms with Crippen LogP contribution in [0, 0.1) is 5.41 Å². The van der Waals surface area contributed by atoms with Gasteiger partial charge < -0.3 is 10.1 Å². The van der Waals surface area contributed by atoms with Crippen molar-refractivity contribution in [1.82, 2.24) is 5.32 Å². The molecule has 1 amide bonds. The summed E-state index contributed by atoms with van der Waals surface area (Å²) in [5.74, 6) is -0.286. The molecule has 0 aromatic carbocycles. The second kappa shape index (κ2) is 5.87. The van der Waals surface area contributed by atoms with E-state index in [-0.39, 0.29) is 27.7 Å². The normalized spacial score (nSPS) is 24.4. The van der Waals surface area contributed by atoms with E-state index in [4.69, 9.17) is 15.4 Å². The third-order valence-corrected chi connectivity index (χ3v) is 6.97. The van der Waals surface area contributed by atoms with Crippen LogP contribution in [0.5, 0.6) is 0 Å². The molecule has 1 heterocycles. The van der Waals surface area contributed by atoms with Crippen LogP contribution in [0.25, 0.3) is 0 Å². The first-order valence-corrected chi connectivity index (χ1v) is 9.80. The number of hydrogen-bond donors (Lipinski definition) is 1. The highest BCUT2D eigenvalue weighted by Gasteiger charge is 2.49. The molecule has 118 valence electrons. The molecule has 0 saturated heterocycles. The molecule has 0 spiro atoms. The zero-order valence-electron chi connectivity index (χ0n) is 12.1. The van der Waals surface area contributed by atoms with Crippen molar-refractivity contribution in [3.8, 4) is 0 Å². The van der Waals surface area contributed by atoms with Gasteiger partial charge in [0.2, 0.25) is 0 Å². The van der Waals surface area contributed by atoms with Crippen molar-refractivity contribution in [3.05, 3.63) is 17.0 Å². The van der Waals surface area contributed by atoms with Gasteiger partial charge in [-0.15, -0.1) is 11.3 Å². The first-order valence-electron chi connectivity index (χ1n) is 6.62. The maximum atomic E-state index is 12.2. The third kappa shape index (κ3) is 3.41. The topological polar surface area (TPSA) is 72.5 Å². The number of hydrogen-bond acceptors (Lipinski definition) is 5. The van der Waals surface area contributed by atoms with E-state index in [1.807, 2.05) is 20.8 Å². The maximum absolute atomic E-state index is 12.2. The predicted molar refractivity (Wildman–Crippen MR) is 82.4 cm³/mol. The molecule has 1 saturated carbocycles. The minimum absolute atomic E-state index is 0.0116. The van der Waals surface area contributed by atoms with Crippen molar-refractivity contribution in [2.45, 2.75) is 43.5 Å². The summed E-state index contributed by atoms with van der Waals surface area (Å²) in [6, 6.07) is 1.31. The molecular formula is C13H18ClNO4S2. The Balaban J connectivity index is 2.02. The number of thiophene rings is 1. The van der Waals surface area contributed by atoms with Crippen LogP contribution in [0.4, 0.5) is 0 Å². The molecule has 0 bridgehead atoms. The smallest absolute Gasteiger partial charge is 0.270 e. The zero-order valence-corrected chi connectivity index (χ0v) is 14.4. The first-order chi connectivity index (χ1) is 9.66. The summed E-state index contributed by atoms with van der Waals surface area (Å²) in [6.45, 7) is 6.69. The lowest BCUT2D eigenvalue weighted by Crippen LogP contribution is -2.62. The molecule has 0 aliphatic heterocycles. The van der Waals surface area contributed by atoms with E-state index in [1.54, 1.807) is 0 Å². The van der Waals surface area contributed by atoms with Gasteiger partial charge in [0, 0.05) is 34.1 Å². The highest BCUT2D eigenvalue weighted by Crippen LogP contribution is 2.42. The Kier molecular flexibility index (Phi) is 4.68. The van der Waals surface area contributed by atoms with Crippen molar-refractivity contribution in [3.63, 3.8) is 0 Å². The van der Waals surface area contributed by atoms with E-state index in [0.717, 1.165) is 17.8 Å². The quantitative estimate of drug-likeness (QED) is 0.827. The zero-order chi connectivity index (χ0) is 15.8. The average Bonchev–Trinajstić information content (AvgIpc) is 2.87. The van der Waals surface area contributed by atoms with Crippen LogP contribution in [0.1, 0.15) is 37.6 Å². The molecule has 5 nitrogen and oxygen atoms in total. The fraction of sp³-hybridized carbons (Fsp3) is 0.615. The van der Waals surface area contributed by atoms with Crippen LogP contribution in [0.2, 0.25) is 0 Å². The van der Waals surface area contributed by atoms with Crippen molar-refractivity contribution < 1.29 is 17.9 Å². The van der Waals surface area contributed by atoms with Gasteiger partial charge in [0.15, 0.2) is 0 Å². The van der Waals surface area contributed by atoms with Crippen LogP contribution in [0.15, 0.2) is 15.7 Å². The van der Waals surface area contributed by atoms with Gasteiger partial charge in [-0.05, 0) is 19.4 Å². The van der Waals surface area contributed by atoms with Gasteiger partial charge in [-0.25, -0.2) is 8.42 Å². The van der Waals surface area contributed by atoms with Gasteiger partial charge in [0.05, 0.1) is 11.7 Å². The fourth-order valence-electron chi connectivity index (χ4n) is 2.42. The number of ether oxygens (including phenoxy) is 1. The highest BCUT2D eigenvalue weighted by molar-refractivity contribution is 8.15. The summed E-state index contributed by atoms with van der Waals surface area (Å²) in [4.78, 5) is 12.2. The van der Waals surface area contributed by atoms with Gasteiger partial charge >= 0.3 is 0 Å². The molecule has 1 fully saturated rings. The standard InChI is InChI=1S/C13H18ClNO4S2/c1-4-19-10-6-9(13(10,2)3)15-12(16)8-5-11(20-7-8)21(14,17)18/h5,7,9-10H,4,6H2,1-3H3,(H,15,16). The van der Waals surface area contributed by atoms with E-state index in [0.29, 0.717) is 12.2 Å². The molecule has 1 aromatic heterocycles. The Morgan fingerprint density at radius 1 is 1.57 bits per heavy atom. The van der Waals surface area contributed by atoms with Crippen LogP contribution in [0.3, 0.4) is 0 Å². The molecule has 2 rings (SSSR count). The molecule has 2 unspecified atom stereocenters. The average molecular weight is 352 g/mol. The van der Waals surface area contributed by atoms with Crippen LogP contribution >= 0.6 is 22.0 Å². The summed E-state index contributed by atoms with van der Waals surface area (Å²) >= 11 is 0.941. The predicted octanol–water partition coefficient (Wildman–Crippen LogP) is 2.61. The second-order valence-electron chi connectivity index (χ2n) is 5.62. The van der Waals surface area contributed by atoms with Crippen LogP contribution in [-0.2, 0) is 13.8 Å². The lowest BCUT2D eigenvalue weighted by Gasteiger charge is -2.51. The Bertz CT molecular complexity index is 638. The summed E-state index contributed by atoms with van der Waals surface area (Å²) in [5, 5.41) is 4.42. The molecule has 1 aromatic rings. The van der Waals surface area contributed by atoms with Gasteiger partial charge in [-0.2, -0.15) is 0 Å². The Hall–Kier alpha value is -0.630. The lowest BCUT2D eigenvalue weighted by atomic mass is 9.64. The van der Waals surface area contributed by atoms with Crippen molar-refractivity contribution in [2.24, 2.45) is 5.41 Å². The van der Waals surface area contributed by atoms with E-state index < -0.39 is 9.05 Å². The Labute approximate surface area is 133 Å². The molecule has 1 aliphatic rings. The van der Waals surface area contributed by atoms with E-state index in [2.05, 4.69) is 5.32 Å². The van der Waals surface area contributed by atoms with Crippen LogP contribution in [-0.4, -0.2) is 33.1 Å². The summed E-state index contributed by atoms with van der Waals surface area (Å²) in [6.07, 6.45) is 0.895. The SMILES string of the molecule is CCOC1CC(NC(=O)c2csc(S(=O)(=O)Cl)c2)C1(C)C. The molecule has 8 heteroatoms. The summed E-state index contributed by atoms with van der Waals surface area (Å²) in [7, 11) is 1.47. The molecular weight excluding hydrogens is 334 g/mol. The summed E-state index contributed by atoms with van der Waals surface area (Å²) < 4.78 is 28.0. The van der Waals surface area contributed by atoms with E-state index >= 15 is 0 Å². The molecule has 1 N–H and O–H groups in total. The number of rotatable bonds is 5. The van der Waals surface area contributed by atoms with E-state index in [9.17, 15) is 13.2 Å². The lowest BCUT2D eigenvalue weighted by molar-refractivity contribution is -0.111. The largest absolute Gasteiger partial charge is 0.378 e. The molecule has 21 heavy (non-hydrogen) atoms. The minimum atomic E-state index is -3.78. The highest BCUT2D eigenvalue weighted by atomic mass is 35.7. The van der Waals surface area contributed by atoms with E-state index in [1.165, 1.54) is 11.4 Å². The minimum Gasteiger partial charge on any atom is -0.378 e. The molecule has 1 aliphatic carbocycles. The Morgan fingerprint density at radius 2 is 2.24 bits per heavy atom. The molecule has 2 atom stereocenters. The number of carbonyl (C=O) groups excluding carboxylic acids is 1. The van der Waals surface area contributed by atoms with Gasteiger partial charge in [0.1, 0.15) is 4.21 Å². The third-order valence-electron chi connectivity index (χ3n) is 3.93. The first kappa shape index (κ1) is 16.7. The number of halogens is 1. The number of nitrogens with one attached hydrogen (secondary N) is 1. The second-order valence-corrected chi connectivity index (χ2v) is 9.32.